The topological polar surface area (TPSA) is 26.4 Å². The van der Waals surface area contributed by atoms with Gasteiger partial charge in [-0.3, -0.25) is 0 Å². The van der Waals surface area contributed by atoms with Crippen molar-refractivity contribution >= 4 is 18.3 Å². The fourth-order valence-corrected chi connectivity index (χ4v) is 6.61. The van der Waals surface area contributed by atoms with E-state index in [0.29, 0.717) is 48.0 Å². The van der Waals surface area contributed by atoms with E-state index in [4.69, 9.17) is 9.47 Å². The molecule has 0 aliphatic carbocycles. The first-order chi connectivity index (χ1) is 23.7. The van der Waals surface area contributed by atoms with Crippen LogP contribution in [0.25, 0.3) is 16.8 Å². The summed E-state index contributed by atoms with van der Waals surface area (Å²) in [6.07, 6.45) is 11.4. The summed E-state index contributed by atoms with van der Waals surface area (Å²) in [7, 11) is 0. The number of rotatable bonds is 15. The number of unbranched alkanes of at least 4 members (excludes halogenated alkanes) is 6. The van der Waals surface area contributed by atoms with Gasteiger partial charge >= 0.3 is 6.97 Å². The van der Waals surface area contributed by atoms with E-state index in [0.717, 1.165) is 60.3 Å². The molecule has 0 bridgehead atoms. The van der Waals surface area contributed by atoms with Gasteiger partial charge < -0.3 is 27.1 Å². The minimum atomic E-state index is -4.59. The van der Waals surface area contributed by atoms with Crippen LogP contribution in [0, 0.1) is 17.5 Å². The Bertz CT molecular complexity index is 1870. The van der Waals surface area contributed by atoms with Crippen LogP contribution >= 0.6 is 0 Å². The highest BCUT2D eigenvalue weighted by atomic mass is 19.2. The molecule has 0 atom stereocenters. The molecule has 0 radical (unpaired) electrons. The molecule has 2 aliphatic heterocycles. The van der Waals surface area contributed by atoms with Crippen LogP contribution in [0.5, 0.6) is 11.5 Å². The quantitative estimate of drug-likeness (QED) is 0.0713. The highest BCUT2D eigenvalue weighted by Gasteiger charge is 2.55. The Kier molecular flexibility index (Phi) is 10.4. The second-order valence-electron chi connectivity index (χ2n) is 12.5. The van der Waals surface area contributed by atoms with Crippen LogP contribution in [0.4, 0.5) is 21.8 Å². The Morgan fingerprint density at radius 1 is 0.633 bits per heavy atom. The summed E-state index contributed by atoms with van der Waals surface area (Å²) in [5.41, 5.74) is 0.433. The molecule has 0 unspecified atom stereocenters. The Labute approximate surface area is 284 Å². The number of halogens is 5. The SMILES string of the molecule is CCCCCCOc1ccc(C2=[N+]3C(=C(c4c(F)cc(F)cc4F)c4ccc(-c5ccc(OCCCCCC)cc5)n4[B-]3(F)F)C=C2)cc1. The minimum Gasteiger partial charge on any atom is -0.494 e. The lowest BCUT2D eigenvalue weighted by Gasteiger charge is -2.33. The lowest BCUT2D eigenvalue weighted by atomic mass is 9.84. The Morgan fingerprint density at radius 2 is 1.16 bits per heavy atom. The van der Waals surface area contributed by atoms with Crippen LogP contribution < -0.4 is 9.47 Å². The molecule has 0 spiro atoms. The average molecular weight is 675 g/mol. The van der Waals surface area contributed by atoms with Crippen molar-refractivity contribution in [3.63, 3.8) is 0 Å². The first kappa shape index (κ1) is 34.3. The van der Waals surface area contributed by atoms with Crippen molar-refractivity contribution in [3.8, 4) is 22.8 Å². The fourth-order valence-electron chi connectivity index (χ4n) is 6.61. The highest BCUT2D eigenvalue weighted by molar-refractivity contribution is 6.59. The van der Waals surface area contributed by atoms with Crippen molar-refractivity contribution in [3.05, 3.63) is 125 Å². The van der Waals surface area contributed by atoms with Crippen LogP contribution in [-0.4, -0.2) is 34.9 Å². The molecular formula is C39H40BF5N2O2. The van der Waals surface area contributed by atoms with Gasteiger partial charge in [-0.2, -0.15) is 0 Å². The van der Waals surface area contributed by atoms with E-state index in [9.17, 15) is 4.39 Å². The van der Waals surface area contributed by atoms with Gasteiger partial charge in [0.1, 0.15) is 29.0 Å². The maximum Gasteiger partial charge on any atom is 0.737 e. The number of nitrogens with zero attached hydrogens (tertiary/aromatic N) is 2. The van der Waals surface area contributed by atoms with Crippen molar-refractivity contribution in [2.45, 2.75) is 65.2 Å². The van der Waals surface area contributed by atoms with E-state index in [-0.39, 0.29) is 28.4 Å². The highest BCUT2D eigenvalue weighted by Crippen LogP contribution is 2.44. The molecule has 0 saturated carbocycles. The van der Waals surface area contributed by atoms with Gasteiger partial charge in [0.15, 0.2) is 11.4 Å². The Morgan fingerprint density at radius 3 is 1.71 bits per heavy atom. The van der Waals surface area contributed by atoms with Crippen molar-refractivity contribution < 1.29 is 35.8 Å². The molecule has 3 aromatic carbocycles. The number of ether oxygens (including phenoxy) is 2. The number of allylic oxidation sites excluding steroid dienone is 2. The van der Waals surface area contributed by atoms with E-state index < -0.39 is 30.0 Å². The fraction of sp³-hybridized carbons (Fsp3) is 0.308. The van der Waals surface area contributed by atoms with Gasteiger partial charge in [-0.15, -0.1) is 0 Å². The van der Waals surface area contributed by atoms with Crippen LogP contribution in [0.15, 0.2) is 90.6 Å². The van der Waals surface area contributed by atoms with Gasteiger partial charge in [-0.25, -0.2) is 13.2 Å². The summed E-state index contributed by atoms with van der Waals surface area (Å²) in [6, 6.07) is 17.8. The molecule has 2 aliphatic rings. The summed E-state index contributed by atoms with van der Waals surface area (Å²) in [5, 5.41) is 0. The summed E-state index contributed by atoms with van der Waals surface area (Å²) < 4.78 is 92.5. The largest absolute Gasteiger partial charge is 0.737 e. The van der Waals surface area contributed by atoms with Crippen molar-refractivity contribution in [1.82, 2.24) is 4.48 Å². The Hall–Kier alpha value is -4.60. The second kappa shape index (κ2) is 14.9. The predicted octanol–water partition coefficient (Wildman–Crippen LogP) is 10.6. The van der Waals surface area contributed by atoms with Crippen molar-refractivity contribution in [2.24, 2.45) is 0 Å². The number of aromatic nitrogens is 1. The minimum absolute atomic E-state index is 0.0790. The summed E-state index contributed by atoms with van der Waals surface area (Å²) in [6.45, 7) is 0.798. The zero-order valence-electron chi connectivity index (χ0n) is 27.8. The van der Waals surface area contributed by atoms with Crippen molar-refractivity contribution in [2.75, 3.05) is 13.2 Å². The molecule has 0 fully saturated rings. The van der Waals surface area contributed by atoms with Crippen molar-refractivity contribution in [1.29, 1.82) is 0 Å². The smallest absolute Gasteiger partial charge is 0.494 e. The number of hydrogen-bond acceptors (Lipinski definition) is 2. The average Bonchev–Trinajstić information content (AvgIpc) is 3.74. The molecular weight excluding hydrogens is 634 g/mol. The standard InChI is InChI=1S/C39H40BF5N2O2/c1-3-5-7-9-23-48-30-15-11-27(12-16-30)34-19-21-36-39(38-32(42)25-29(41)26-33(38)43)37-22-20-35(47(37)40(44,45)46(34)36)28-13-17-31(18-14-28)49-24-10-8-6-4-2/h11-22,25-26H,3-10,23-24H2,1-2H3. The summed E-state index contributed by atoms with van der Waals surface area (Å²) >= 11 is 0. The summed E-state index contributed by atoms with van der Waals surface area (Å²) in [5.74, 6) is -2.23. The maximum atomic E-state index is 17.1. The second-order valence-corrected chi connectivity index (χ2v) is 12.5. The van der Waals surface area contributed by atoms with Crippen LogP contribution in [0.2, 0.25) is 0 Å². The lowest BCUT2D eigenvalue weighted by molar-refractivity contribution is -0.360. The van der Waals surface area contributed by atoms with Crippen LogP contribution in [0.1, 0.15) is 82.0 Å². The van der Waals surface area contributed by atoms with E-state index >= 15 is 17.4 Å². The predicted molar refractivity (Wildman–Crippen MR) is 185 cm³/mol. The normalized spacial score (nSPS) is 14.8. The van der Waals surface area contributed by atoms with E-state index in [2.05, 4.69) is 13.8 Å². The first-order valence-corrected chi connectivity index (χ1v) is 17.2. The molecule has 0 saturated heterocycles. The van der Waals surface area contributed by atoms with Gasteiger partial charge in [0.2, 0.25) is 0 Å². The van der Waals surface area contributed by atoms with Crippen LogP contribution in [-0.2, 0) is 0 Å². The third-order valence-corrected chi connectivity index (χ3v) is 9.06. The molecule has 10 heteroatoms. The monoisotopic (exact) mass is 674 g/mol. The number of hydrogen-bond donors (Lipinski definition) is 0. The van der Waals surface area contributed by atoms with E-state index in [1.165, 1.54) is 24.3 Å². The zero-order chi connectivity index (χ0) is 34.5. The third-order valence-electron chi connectivity index (χ3n) is 9.06. The number of benzene rings is 3. The summed E-state index contributed by atoms with van der Waals surface area (Å²) in [4.78, 5) is 0. The zero-order valence-corrected chi connectivity index (χ0v) is 27.8. The molecule has 4 nitrogen and oxygen atoms in total. The lowest BCUT2D eigenvalue weighted by Crippen LogP contribution is -2.51. The van der Waals surface area contributed by atoms with Crippen LogP contribution in [0.3, 0.4) is 0 Å². The molecule has 0 N–H and O–H groups in total. The van der Waals surface area contributed by atoms with Gasteiger partial charge in [-0.05, 0) is 79.1 Å². The first-order valence-electron chi connectivity index (χ1n) is 17.2. The molecule has 3 heterocycles. The molecule has 6 rings (SSSR count). The van der Waals surface area contributed by atoms with Gasteiger partial charge in [0, 0.05) is 41.2 Å². The van der Waals surface area contributed by atoms with Gasteiger partial charge in [0.25, 0.3) is 0 Å². The van der Waals surface area contributed by atoms with E-state index in [1.54, 1.807) is 48.5 Å². The van der Waals surface area contributed by atoms with Gasteiger partial charge in [0.05, 0.1) is 24.4 Å². The van der Waals surface area contributed by atoms with E-state index in [1.807, 2.05) is 0 Å². The molecule has 256 valence electrons. The molecule has 4 aromatic rings. The Balaban J connectivity index is 1.42. The molecule has 1 aromatic heterocycles. The molecule has 49 heavy (non-hydrogen) atoms. The molecule has 0 amide bonds. The maximum absolute atomic E-state index is 17.1. The van der Waals surface area contributed by atoms with Gasteiger partial charge in [-0.1, -0.05) is 52.4 Å². The third kappa shape index (κ3) is 6.96. The number of fused-ring (bicyclic) bond motifs is 2.